The molecule has 5 aliphatic heterocycles. The summed E-state index contributed by atoms with van der Waals surface area (Å²) in [6.45, 7) is 12.0. The van der Waals surface area contributed by atoms with Gasteiger partial charge in [0.1, 0.15) is 97.0 Å². The Kier molecular flexibility index (Phi) is 20.4. The zero-order valence-corrected chi connectivity index (χ0v) is 51.7. The number of aliphatic hydroxyl groups excluding tert-OH is 9. The number of hydrogen-bond donors (Lipinski definition) is 10. The predicted octanol–water partition coefficient (Wildman–Crippen LogP) is -4.86. The predicted molar refractivity (Wildman–Crippen MR) is 277 cm³/mol. The van der Waals surface area contributed by atoms with Crippen molar-refractivity contribution in [3.63, 3.8) is 0 Å². The molecule has 0 bridgehead atoms. The number of ether oxygens (including phenoxy) is 11. The molecule has 8 fully saturated rings. The van der Waals surface area contributed by atoms with Gasteiger partial charge in [0.25, 0.3) is 0 Å². The summed E-state index contributed by atoms with van der Waals surface area (Å²) in [6.07, 6.45) is -23.5. The van der Waals surface area contributed by atoms with Gasteiger partial charge in [-0.05, 0) is 88.0 Å². The molecule has 5 saturated heterocycles. The quantitative estimate of drug-likeness (QED) is 0.0173. The minimum Gasteiger partial charge on any atom is -0.726 e. The van der Waals surface area contributed by atoms with E-state index in [0.717, 1.165) is 11.1 Å². The summed E-state index contributed by atoms with van der Waals surface area (Å²) in [5, 5.41) is 112. The van der Waals surface area contributed by atoms with Crippen molar-refractivity contribution in [2.75, 3.05) is 33.5 Å². The average molecular weight is 1230 g/mol. The summed E-state index contributed by atoms with van der Waals surface area (Å²) in [7, 11) is -4.28. The van der Waals surface area contributed by atoms with Crippen LogP contribution in [0, 0.1) is 33.5 Å². The fourth-order valence-electron chi connectivity index (χ4n) is 15.9. The standard InChI is InChI=1S/C55H84O27S.Na/c1-24(2)11-10-16-53(8)55(67)34(74-25(3)58)19-52(7)27-12-13-32-50(4,5)33(15-17-51(32,6)26(27)14-18-54(52,55)49(66)81-53)77-48-44(36(61)31(23-73-48)82-83(68,69)70)80-46-38(63)37(62)42(30(21-57)76-46)79-45-39(64)41(28(59)22-72-45)78-47-40(65)43(71-9)35(60)29(20-56)75-47;/h10-12,16,26,28-48,56-57,59-65,67H,13-15,17-23H2,1-9H3,(H,68,69,70);/q;+1/p-1/b16-10+;/t26?,28-,29?,30?,31-,32?,33?,34?,35-,36?,37?,38?,39?,40?,41?,42-,43?,44?,45+,46+,47+,48+,51-,52?,53?,54-,55?;/m1./s1. The van der Waals surface area contributed by atoms with Crippen LogP contribution in [-0.2, 0) is 76.3 Å². The molecule has 5 heterocycles. The Hall–Kier alpha value is -1.73. The topological polar surface area (TPSA) is 404 Å². The Morgan fingerprint density at radius 1 is 0.750 bits per heavy atom. The summed E-state index contributed by atoms with van der Waals surface area (Å²) in [4.78, 5) is 27.5. The van der Waals surface area contributed by atoms with Crippen molar-refractivity contribution in [1.29, 1.82) is 0 Å². The maximum Gasteiger partial charge on any atom is 1.00 e. The second-order valence-electron chi connectivity index (χ2n) is 25.3. The minimum absolute atomic E-state index is 0. The summed E-state index contributed by atoms with van der Waals surface area (Å²) in [6, 6.07) is 0. The maximum atomic E-state index is 14.7. The Balaban J connectivity index is 0.00000920. The van der Waals surface area contributed by atoms with E-state index in [0.29, 0.717) is 25.7 Å². The van der Waals surface area contributed by atoms with Gasteiger partial charge in [0.05, 0.1) is 32.5 Å². The molecule has 472 valence electrons. The number of methoxy groups -OCH3 is 1. The van der Waals surface area contributed by atoms with Crippen LogP contribution >= 0.6 is 0 Å². The normalized spacial score (nSPS) is 49.0. The largest absolute Gasteiger partial charge is 1.00 e. The molecule has 84 heavy (non-hydrogen) atoms. The number of allylic oxidation sites excluding steroid dienone is 5. The van der Waals surface area contributed by atoms with Gasteiger partial charge in [-0.15, -0.1) is 0 Å². The van der Waals surface area contributed by atoms with Crippen LogP contribution in [0.25, 0.3) is 0 Å². The van der Waals surface area contributed by atoms with E-state index in [1.807, 2.05) is 40.7 Å². The number of cyclic esters (lactones) is 1. The molecule has 3 saturated carbocycles. The third-order valence-corrected chi connectivity index (χ3v) is 20.5. The van der Waals surface area contributed by atoms with Gasteiger partial charge in [-0.1, -0.05) is 57.1 Å². The van der Waals surface area contributed by atoms with Gasteiger partial charge in [-0.3, -0.25) is 13.8 Å². The van der Waals surface area contributed by atoms with Crippen LogP contribution in [0.3, 0.4) is 0 Å². The van der Waals surface area contributed by atoms with E-state index >= 15 is 0 Å². The van der Waals surface area contributed by atoms with Gasteiger partial charge in [-0.25, -0.2) is 8.42 Å². The van der Waals surface area contributed by atoms with Crippen LogP contribution in [-0.4, -0.2) is 244 Å². The SMILES string of the molecule is COC1C(O)[C@H](OC2C(O)[C@H](O[C@@H]3C(CO)O[C@@H](OC4C(O)[C@H](OS(=O)(=O)[O-])CO[C@H]4OC4CC[C@]5(C)C6CC[C@]78C(=O)OC(C)(/C=C/C=C(C)C)C7(O)C(OC(C)=O)CC8(C)C6=CCC5C4(C)C)C(O)C3O)OC[C@H]2O)OC(CO)[C@H]1O.[Na+]. The van der Waals surface area contributed by atoms with E-state index in [1.165, 1.54) is 14.0 Å². The molecule has 27 nitrogen and oxygen atoms in total. The molecule has 0 aromatic rings. The first-order valence-electron chi connectivity index (χ1n) is 28.3. The molecule has 0 amide bonds. The van der Waals surface area contributed by atoms with E-state index in [9.17, 15) is 73.6 Å². The molecule has 4 aliphatic carbocycles. The zero-order valence-electron chi connectivity index (χ0n) is 48.9. The number of carbonyl (C=O) groups is 2. The van der Waals surface area contributed by atoms with Crippen LogP contribution in [0.2, 0.25) is 0 Å². The number of fused-ring (bicyclic) bond motifs is 4. The van der Waals surface area contributed by atoms with Crippen molar-refractivity contribution < 1.29 is 159 Å². The van der Waals surface area contributed by atoms with E-state index in [-0.39, 0.29) is 54.2 Å². The number of carbonyl (C=O) groups excluding carboxylic acids is 2. The van der Waals surface area contributed by atoms with Crippen LogP contribution in [0.5, 0.6) is 0 Å². The fourth-order valence-corrected chi connectivity index (χ4v) is 16.4. The maximum absolute atomic E-state index is 14.7. The Morgan fingerprint density at radius 3 is 2.00 bits per heavy atom. The summed E-state index contributed by atoms with van der Waals surface area (Å²) >= 11 is 0. The van der Waals surface area contributed by atoms with Crippen LogP contribution < -0.4 is 29.6 Å². The van der Waals surface area contributed by atoms with Crippen molar-refractivity contribution in [2.24, 2.45) is 33.5 Å². The smallest absolute Gasteiger partial charge is 0.726 e. The zero-order chi connectivity index (χ0) is 60.9. The molecule has 0 aromatic heterocycles. The first kappa shape index (κ1) is 68.2. The Bertz CT molecular complexity index is 2590. The average Bonchev–Trinajstić information content (AvgIpc) is 1.49. The van der Waals surface area contributed by atoms with Gasteiger partial charge < -0.3 is 108 Å². The van der Waals surface area contributed by atoms with E-state index in [2.05, 4.69) is 17.2 Å². The second-order valence-corrected chi connectivity index (χ2v) is 26.4. The molecule has 10 N–H and O–H groups in total. The van der Waals surface area contributed by atoms with Gasteiger partial charge >= 0.3 is 41.5 Å². The van der Waals surface area contributed by atoms with Crippen molar-refractivity contribution in [3.05, 3.63) is 35.5 Å². The van der Waals surface area contributed by atoms with Gasteiger partial charge in [0.2, 0.25) is 10.4 Å². The molecule has 9 rings (SSSR count). The molecule has 9 aliphatic rings. The van der Waals surface area contributed by atoms with Crippen molar-refractivity contribution >= 4 is 22.3 Å². The monoisotopic (exact) mass is 1230 g/mol. The fraction of sp³-hybridized carbons (Fsp3) is 0.855. The van der Waals surface area contributed by atoms with E-state index in [4.69, 9.17) is 52.1 Å². The van der Waals surface area contributed by atoms with Crippen molar-refractivity contribution in [3.8, 4) is 0 Å². The van der Waals surface area contributed by atoms with E-state index in [1.54, 1.807) is 19.1 Å². The molecule has 1 spiro atoms. The summed E-state index contributed by atoms with van der Waals surface area (Å²) in [5.41, 5.74) is -5.23. The van der Waals surface area contributed by atoms with Crippen molar-refractivity contribution in [2.45, 2.75) is 228 Å². The molecule has 0 aromatic carbocycles. The molecular weight excluding hydrogens is 1150 g/mol. The summed E-state index contributed by atoms with van der Waals surface area (Å²) in [5.74, 6) is -1.43. The first-order chi connectivity index (χ1) is 38.8. The molecule has 27 atom stereocenters. The Morgan fingerprint density at radius 2 is 1.37 bits per heavy atom. The van der Waals surface area contributed by atoms with Crippen LogP contribution in [0.15, 0.2) is 35.5 Å². The van der Waals surface area contributed by atoms with Gasteiger partial charge in [0.15, 0.2) is 36.4 Å². The van der Waals surface area contributed by atoms with Crippen LogP contribution in [0.4, 0.5) is 0 Å². The summed E-state index contributed by atoms with van der Waals surface area (Å²) < 4.78 is 105. The second kappa shape index (κ2) is 25.2. The van der Waals surface area contributed by atoms with Gasteiger partial charge in [-0.2, -0.15) is 0 Å². The van der Waals surface area contributed by atoms with E-state index < -0.39 is 204 Å². The molecular formula is C55H83NaO27S. The first-order valence-corrected chi connectivity index (χ1v) is 29.6. The number of hydrogen-bond acceptors (Lipinski definition) is 27. The molecule has 17 unspecified atom stereocenters. The number of esters is 2. The third kappa shape index (κ3) is 11.4. The third-order valence-electron chi connectivity index (χ3n) is 20.0. The molecule has 29 heteroatoms. The van der Waals surface area contributed by atoms with Crippen LogP contribution in [0.1, 0.15) is 93.9 Å². The van der Waals surface area contributed by atoms with Crippen molar-refractivity contribution in [1.82, 2.24) is 0 Å². The van der Waals surface area contributed by atoms with Gasteiger partial charge in [0, 0.05) is 19.4 Å². The number of rotatable bonds is 16. The minimum atomic E-state index is -5.47. The Labute approximate surface area is 509 Å². The molecule has 0 radical (unpaired) electrons. The number of aliphatic hydroxyl groups is 10.